The summed E-state index contributed by atoms with van der Waals surface area (Å²) >= 11 is 1.18. The van der Waals surface area contributed by atoms with Crippen molar-refractivity contribution < 1.29 is 24.1 Å². The molecule has 3 N–H and O–H groups in total. The van der Waals surface area contributed by atoms with Crippen LogP contribution in [0.2, 0.25) is 0 Å². The molecule has 1 aromatic carbocycles. The van der Waals surface area contributed by atoms with Gasteiger partial charge >= 0.3 is 6.03 Å². The van der Waals surface area contributed by atoms with Crippen molar-refractivity contribution in [2.24, 2.45) is 0 Å². The molecule has 0 aliphatic rings. The van der Waals surface area contributed by atoms with Gasteiger partial charge in [0, 0.05) is 6.07 Å². The van der Waals surface area contributed by atoms with E-state index in [0.717, 1.165) is 0 Å². The molecule has 9 nitrogen and oxygen atoms in total. The van der Waals surface area contributed by atoms with Gasteiger partial charge in [0.2, 0.25) is 5.13 Å². The van der Waals surface area contributed by atoms with E-state index in [1.54, 1.807) is 18.2 Å². The van der Waals surface area contributed by atoms with Crippen LogP contribution in [0.1, 0.15) is 5.01 Å². The topological polar surface area (TPSA) is 115 Å². The van der Waals surface area contributed by atoms with Gasteiger partial charge in [0.25, 0.3) is 0 Å². The Morgan fingerprint density at radius 2 is 2.08 bits per heavy atom. The maximum Gasteiger partial charge on any atom is 0.325 e. The molecular formula is C14H18N4O5S. The third kappa shape index (κ3) is 5.05. The Balaban J connectivity index is 1.96. The number of carbonyl (C=O) groups excluding carboxylic acids is 1. The third-order valence-corrected chi connectivity index (χ3v) is 3.62. The fourth-order valence-electron chi connectivity index (χ4n) is 1.75. The van der Waals surface area contributed by atoms with Crippen LogP contribution in [-0.4, -0.2) is 48.8 Å². The van der Waals surface area contributed by atoms with Gasteiger partial charge < -0.3 is 24.6 Å². The fraction of sp³-hybridized carbons (Fsp3) is 0.357. The highest BCUT2D eigenvalue weighted by atomic mass is 32.1. The van der Waals surface area contributed by atoms with E-state index in [-0.39, 0.29) is 19.8 Å². The molecule has 10 heteroatoms. The van der Waals surface area contributed by atoms with Crippen LogP contribution >= 0.6 is 11.3 Å². The molecule has 2 aromatic rings. The van der Waals surface area contributed by atoms with Gasteiger partial charge in [-0.05, 0) is 12.1 Å². The number of benzene rings is 1. The van der Waals surface area contributed by atoms with E-state index in [1.807, 2.05) is 0 Å². The Bertz CT molecular complexity index is 679. The lowest BCUT2D eigenvalue weighted by molar-refractivity contribution is 0.0811. The van der Waals surface area contributed by atoms with Crippen LogP contribution in [0.4, 0.5) is 15.6 Å². The quantitative estimate of drug-likeness (QED) is 0.618. The van der Waals surface area contributed by atoms with Crippen LogP contribution in [0.3, 0.4) is 0 Å². The Kier molecular flexibility index (Phi) is 6.73. The molecule has 0 saturated heterocycles. The number of aromatic nitrogens is 2. The Morgan fingerprint density at radius 1 is 1.25 bits per heavy atom. The monoisotopic (exact) mass is 354 g/mol. The largest absolute Gasteiger partial charge is 0.497 e. The highest BCUT2D eigenvalue weighted by Gasteiger charge is 2.12. The second-order valence-electron chi connectivity index (χ2n) is 4.42. The highest BCUT2D eigenvalue weighted by molar-refractivity contribution is 7.15. The average molecular weight is 354 g/mol. The number of amides is 2. The first-order chi connectivity index (χ1) is 11.7. The van der Waals surface area contributed by atoms with Gasteiger partial charge in [-0.15, -0.1) is 10.2 Å². The van der Waals surface area contributed by atoms with Crippen molar-refractivity contribution in [2.75, 3.05) is 38.1 Å². The standard InChI is InChI=1S/C14H18N4O5S/c1-21-9-3-4-11(22-2)10(7-9)15-13(20)16-14-18-17-12(24-14)8-23-6-5-19/h3-4,7,19H,5-6,8H2,1-2H3,(H2,15,16,18,20). The molecule has 0 unspecified atom stereocenters. The number of methoxy groups -OCH3 is 2. The summed E-state index contributed by atoms with van der Waals surface area (Å²) in [6.45, 7) is 0.387. The number of ether oxygens (including phenoxy) is 3. The summed E-state index contributed by atoms with van der Waals surface area (Å²) in [4.78, 5) is 12.1. The molecule has 130 valence electrons. The van der Waals surface area contributed by atoms with Crippen molar-refractivity contribution in [3.8, 4) is 11.5 Å². The zero-order chi connectivity index (χ0) is 17.4. The molecule has 1 aromatic heterocycles. The van der Waals surface area contributed by atoms with Crippen LogP contribution in [0, 0.1) is 0 Å². The van der Waals surface area contributed by atoms with Crippen molar-refractivity contribution in [2.45, 2.75) is 6.61 Å². The number of hydrogen-bond acceptors (Lipinski definition) is 8. The van der Waals surface area contributed by atoms with Gasteiger partial charge in [-0.1, -0.05) is 11.3 Å². The zero-order valence-corrected chi connectivity index (χ0v) is 14.1. The SMILES string of the molecule is COc1ccc(OC)c(NC(=O)Nc2nnc(COCCO)s2)c1. The molecule has 24 heavy (non-hydrogen) atoms. The number of aliphatic hydroxyl groups is 1. The minimum atomic E-state index is -0.486. The predicted molar refractivity (Wildman–Crippen MR) is 88.8 cm³/mol. The normalized spacial score (nSPS) is 10.3. The Labute approximate surface area is 142 Å². The lowest BCUT2D eigenvalue weighted by Gasteiger charge is -2.11. The van der Waals surface area contributed by atoms with Crippen molar-refractivity contribution in [3.05, 3.63) is 23.2 Å². The van der Waals surface area contributed by atoms with Gasteiger partial charge in [0.05, 0.1) is 33.1 Å². The van der Waals surface area contributed by atoms with Gasteiger partial charge in [0.15, 0.2) is 0 Å². The first-order valence-corrected chi connectivity index (χ1v) is 7.79. The number of aliphatic hydroxyl groups excluding tert-OH is 1. The number of urea groups is 1. The smallest absolute Gasteiger partial charge is 0.325 e. The summed E-state index contributed by atoms with van der Waals surface area (Å²) in [6.07, 6.45) is 0. The summed E-state index contributed by atoms with van der Waals surface area (Å²) in [5, 5.41) is 22.6. The molecule has 0 atom stereocenters. The summed E-state index contributed by atoms with van der Waals surface area (Å²) in [5.74, 6) is 1.09. The second kappa shape index (κ2) is 9.01. The number of nitrogens with zero attached hydrogens (tertiary/aromatic N) is 2. The average Bonchev–Trinajstić information content (AvgIpc) is 3.02. The summed E-state index contributed by atoms with van der Waals surface area (Å²) < 4.78 is 15.5. The number of carbonyl (C=O) groups is 1. The number of nitrogens with one attached hydrogen (secondary N) is 2. The molecule has 2 amide bonds. The van der Waals surface area contributed by atoms with E-state index >= 15 is 0 Å². The highest BCUT2D eigenvalue weighted by Crippen LogP contribution is 2.29. The van der Waals surface area contributed by atoms with Crippen LogP contribution in [0.5, 0.6) is 11.5 Å². The maximum absolute atomic E-state index is 12.1. The third-order valence-electron chi connectivity index (χ3n) is 2.80. The van der Waals surface area contributed by atoms with Gasteiger partial charge in [-0.25, -0.2) is 4.79 Å². The second-order valence-corrected chi connectivity index (χ2v) is 5.48. The Hall–Kier alpha value is -2.43. The first-order valence-electron chi connectivity index (χ1n) is 6.97. The molecule has 1 heterocycles. The Morgan fingerprint density at radius 3 is 2.79 bits per heavy atom. The van der Waals surface area contributed by atoms with Crippen molar-refractivity contribution in [1.82, 2.24) is 10.2 Å². The number of anilines is 2. The molecule has 0 saturated carbocycles. The molecular weight excluding hydrogens is 336 g/mol. The lowest BCUT2D eigenvalue weighted by atomic mass is 10.2. The molecule has 0 radical (unpaired) electrons. The van der Waals surface area contributed by atoms with E-state index in [9.17, 15) is 4.79 Å². The molecule has 0 aliphatic heterocycles. The predicted octanol–water partition coefficient (Wildman–Crippen LogP) is 1.71. The summed E-state index contributed by atoms with van der Waals surface area (Å²) in [6, 6.07) is 4.58. The minimum Gasteiger partial charge on any atom is -0.497 e. The van der Waals surface area contributed by atoms with E-state index in [2.05, 4.69) is 20.8 Å². The fourth-order valence-corrected chi connectivity index (χ4v) is 2.42. The van der Waals surface area contributed by atoms with E-state index in [1.165, 1.54) is 25.6 Å². The molecule has 0 bridgehead atoms. The minimum absolute atomic E-state index is 0.0608. The molecule has 0 aliphatic carbocycles. The molecule has 2 rings (SSSR count). The number of rotatable bonds is 8. The molecule has 0 fully saturated rings. The van der Waals surface area contributed by atoms with E-state index in [0.29, 0.717) is 27.3 Å². The van der Waals surface area contributed by atoms with Gasteiger partial charge in [0.1, 0.15) is 23.1 Å². The van der Waals surface area contributed by atoms with E-state index in [4.69, 9.17) is 19.3 Å². The van der Waals surface area contributed by atoms with Crippen LogP contribution in [0.25, 0.3) is 0 Å². The lowest BCUT2D eigenvalue weighted by Crippen LogP contribution is -2.19. The first kappa shape index (κ1) is 17.9. The zero-order valence-electron chi connectivity index (χ0n) is 13.2. The van der Waals surface area contributed by atoms with Gasteiger partial charge in [-0.3, -0.25) is 5.32 Å². The van der Waals surface area contributed by atoms with Gasteiger partial charge in [-0.2, -0.15) is 0 Å². The van der Waals surface area contributed by atoms with Crippen molar-refractivity contribution >= 4 is 28.2 Å². The van der Waals surface area contributed by atoms with Crippen LogP contribution < -0.4 is 20.1 Å². The maximum atomic E-state index is 12.1. The van der Waals surface area contributed by atoms with Crippen LogP contribution in [-0.2, 0) is 11.3 Å². The number of hydrogen-bond donors (Lipinski definition) is 3. The van der Waals surface area contributed by atoms with E-state index < -0.39 is 6.03 Å². The summed E-state index contributed by atoms with van der Waals surface area (Å²) in [7, 11) is 3.04. The summed E-state index contributed by atoms with van der Waals surface area (Å²) in [5.41, 5.74) is 0.463. The van der Waals surface area contributed by atoms with Crippen molar-refractivity contribution in [1.29, 1.82) is 0 Å². The van der Waals surface area contributed by atoms with Crippen molar-refractivity contribution in [3.63, 3.8) is 0 Å². The van der Waals surface area contributed by atoms with Crippen LogP contribution in [0.15, 0.2) is 18.2 Å². The molecule has 0 spiro atoms.